The van der Waals surface area contributed by atoms with E-state index in [4.69, 9.17) is 4.74 Å². The molecular formula is C41H41N2O7P. The average molecular weight is 705 g/mol. The Morgan fingerprint density at radius 3 is 1.61 bits per heavy atom. The molecule has 9 nitrogen and oxygen atoms in total. The molecule has 0 saturated heterocycles. The lowest BCUT2D eigenvalue weighted by Crippen LogP contribution is -2.46. The van der Waals surface area contributed by atoms with Gasteiger partial charge in [0.25, 0.3) is 0 Å². The molecule has 5 aromatic carbocycles. The third-order valence-corrected chi connectivity index (χ3v) is 10.8. The van der Waals surface area contributed by atoms with E-state index in [1.165, 1.54) is 0 Å². The van der Waals surface area contributed by atoms with E-state index in [-0.39, 0.29) is 25.9 Å². The molecule has 10 heteroatoms. The first-order valence-electron chi connectivity index (χ1n) is 16.7. The zero-order valence-electron chi connectivity index (χ0n) is 28.0. The summed E-state index contributed by atoms with van der Waals surface area (Å²) in [5.74, 6) is -4.31. The summed E-state index contributed by atoms with van der Waals surface area (Å²) >= 11 is 0. The van der Waals surface area contributed by atoms with Crippen molar-refractivity contribution in [2.24, 2.45) is 5.92 Å². The summed E-state index contributed by atoms with van der Waals surface area (Å²) in [6, 6.07) is 43.0. The highest BCUT2D eigenvalue weighted by Crippen LogP contribution is 2.48. The largest absolute Gasteiger partial charge is 0.480 e. The second-order valence-electron chi connectivity index (χ2n) is 12.4. The molecular weight excluding hydrogens is 663 g/mol. The average Bonchev–Trinajstić information content (AvgIpc) is 3.15. The first-order valence-corrected chi connectivity index (χ1v) is 18.6. The fraction of sp³-hybridized carbons (Fsp3) is 0.195. The maximum Gasteiger partial charge on any atom is 0.408 e. The molecule has 0 heterocycles. The summed E-state index contributed by atoms with van der Waals surface area (Å²) in [6.07, 6.45) is -1.31. The summed E-state index contributed by atoms with van der Waals surface area (Å²) in [5.41, 5.74) is 4.86. The van der Waals surface area contributed by atoms with Gasteiger partial charge in [0, 0.05) is 19.0 Å². The topological polar surface area (TPSA) is 142 Å². The van der Waals surface area contributed by atoms with E-state index in [1.54, 1.807) is 60.7 Å². The number of rotatable bonds is 16. The van der Waals surface area contributed by atoms with E-state index in [1.807, 2.05) is 84.9 Å². The van der Waals surface area contributed by atoms with Gasteiger partial charge in [-0.1, -0.05) is 146 Å². The number of aliphatic carboxylic acids is 1. The minimum atomic E-state index is -4.38. The summed E-state index contributed by atoms with van der Waals surface area (Å²) < 4.78 is 19.8. The van der Waals surface area contributed by atoms with Gasteiger partial charge in [0.05, 0.1) is 5.92 Å². The van der Waals surface area contributed by atoms with Crippen LogP contribution in [0.1, 0.15) is 22.3 Å². The van der Waals surface area contributed by atoms with Crippen molar-refractivity contribution in [3.8, 4) is 11.1 Å². The Bertz CT molecular complexity index is 1910. The van der Waals surface area contributed by atoms with Crippen molar-refractivity contribution in [3.63, 3.8) is 0 Å². The number of carbonyl (C=O) groups is 3. The Morgan fingerprint density at radius 2 is 1.06 bits per heavy atom. The lowest BCUT2D eigenvalue weighted by Gasteiger charge is -2.28. The third kappa shape index (κ3) is 11.3. The van der Waals surface area contributed by atoms with E-state index in [0.29, 0.717) is 11.1 Å². The van der Waals surface area contributed by atoms with E-state index in [0.717, 1.165) is 22.3 Å². The Labute approximate surface area is 297 Å². The van der Waals surface area contributed by atoms with Crippen molar-refractivity contribution >= 4 is 25.3 Å². The molecule has 0 aliphatic heterocycles. The molecule has 0 fully saturated rings. The smallest absolute Gasteiger partial charge is 0.408 e. The summed E-state index contributed by atoms with van der Waals surface area (Å²) in [4.78, 5) is 51.0. The quantitative estimate of drug-likeness (QED) is 0.0804. The van der Waals surface area contributed by atoms with Gasteiger partial charge in [-0.15, -0.1) is 0 Å². The molecule has 2 amide bonds. The van der Waals surface area contributed by atoms with Crippen LogP contribution in [0.2, 0.25) is 0 Å². The number of hydrogen-bond acceptors (Lipinski definition) is 5. The fourth-order valence-electron chi connectivity index (χ4n) is 5.80. The fourth-order valence-corrected chi connectivity index (χ4v) is 7.79. The molecule has 0 aromatic heterocycles. The second kappa shape index (κ2) is 17.9. The molecule has 0 bridgehead atoms. The molecule has 0 saturated carbocycles. The number of carboxylic acid groups (broad SMARTS) is 1. The van der Waals surface area contributed by atoms with Gasteiger partial charge >= 0.3 is 12.1 Å². The monoisotopic (exact) mass is 704 g/mol. The third-order valence-electron chi connectivity index (χ3n) is 8.55. The summed E-state index contributed by atoms with van der Waals surface area (Å²) in [5, 5.41) is 15.3. The van der Waals surface area contributed by atoms with E-state index in [2.05, 4.69) is 10.6 Å². The van der Waals surface area contributed by atoms with Crippen LogP contribution >= 0.6 is 7.37 Å². The molecule has 0 spiro atoms. The summed E-state index contributed by atoms with van der Waals surface area (Å²) in [7, 11) is -4.38. The maximum atomic E-state index is 14.4. The zero-order valence-corrected chi connectivity index (χ0v) is 28.9. The number of alkyl carbamates (subject to hydrolysis) is 1. The van der Waals surface area contributed by atoms with Gasteiger partial charge in [-0.2, -0.15) is 0 Å². The first kappa shape index (κ1) is 36.8. The predicted molar refractivity (Wildman–Crippen MR) is 197 cm³/mol. The first-order chi connectivity index (χ1) is 24.7. The van der Waals surface area contributed by atoms with Gasteiger partial charge in [-0.05, 0) is 39.8 Å². The molecule has 2 unspecified atom stereocenters. The zero-order chi connectivity index (χ0) is 36.1. The Balaban J connectivity index is 1.40. The van der Waals surface area contributed by atoms with E-state index >= 15 is 0 Å². The van der Waals surface area contributed by atoms with Crippen LogP contribution in [0.15, 0.2) is 146 Å². The highest BCUT2D eigenvalue weighted by Gasteiger charge is 2.38. The Kier molecular flexibility index (Phi) is 12.9. The number of benzene rings is 5. The highest BCUT2D eigenvalue weighted by atomic mass is 31.2. The van der Waals surface area contributed by atoms with Crippen molar-refractivity contribution < 1.29 is 33.7 Å². The van der Waals surface area contributed by atoms with Crippen LogP contribution in [0.25, 0.3) is 11.1 Å². The number of nitrogens with one attached hydrogen (secondary N) is 2. The second-order valence-corrected chi connectivity index (χ2v) is 14.9. The normalized spacial score (nSPS) is 13.9. The van der Waals surface area contributed by atoms with Crippen LogP contribution in [0.3, 0.4) is 0 Å². The van der Waals surface area contributed by atoms with E-state index in [9.17, 15) is 28.9 Å². The molecule has 51 heavy (non-hydrogen) atoms. The van der Waals surface area contributed by atoms with Crippen LogP contribution in [0.4, 0.5) is 4.79 Å². The SMILES string of the molecule is O=C(N[C@@H](Cc1ccccc1)P(=O)(O)CC(Cc1ccc(-c2ccccc2)cc1)C(=O)N[C@@H](Cc1ccccc1)C(=O)O)OCc1ccccc1. The van der Waals surface area contributed by atoms with Crippen molar-refractivity contribution in [1.82, 2.24) is 10.6 Å². The van der Waals surface area contributed by atoms with Crippen molar-refractivity contribution in [2.75, 3.05) is 6.16 Å². The maximum absolute atomic E-state index is 14.4. The Morgan fingerprint density at radius 1 is 0.588 bits per heavy atom. The highest BCUT2D eigenvalue weighted by molar-refractivity contribution is 7.58. The van der Waals surface area contributed by atoms with Crippen LogP contribution in [-0.4, -0.2) is 46.0 Å². The minimum Gasteiger partial charge on any atom is -0.480 e. The molecule has 5 aromatic rings. The van der Waals surface area contributed by atoms with E-state index < -0.39 is 49.2 Å². The number of carboxylic acids is 1. The molecule has 0 aliphatic carbocycles. The van der Waals surface area contributed by atoms with Crippen LogP contribution in [-0.2, 0) is 44.8 Å². The van der Waals surface area contributed by atoms with Gasteiger partial charge in [0.2, 0.25) is 13.3 Å². The lowest BCUT2D eigenvalue weighted by atomic mass is 9.97. The van der Waals surface area contributed by atoms with Crippen molar-refractivity contribution in [2.45, 2.75) is 37.7 Å². The molecule has 0 radical (unpaired) electrons. The van der Waals surface area contributed by atoms with Gasteiger partial charge in [-0.25, -0.2) is 9.59 Å². The van der Waals surface area contributed by atoms with Crippen LogP contribution < -0.4 is 10.6 Å². The van der Waals surface area contributed by atoms with Gasteiger partial charge in [-0.3, -0.25) is 9.36 Å². The van der Waals surface area contributed by atoms with Gasteiger partial charge in [0.1, 0.15) is 18.4 Å². The van der Waals surface area contributed by atoms with Crippen molar-refractivity contribution in [3.05, 3.63) is 168 Å². The number of ether oxygens (including phenoxy) is 1. The lowest BCUT2D eigenvalue weighted by molar-refractivity contribution is -0.142. The number of hydrogen-bond donors (Lipinski definition) is 4. The molecule has 0 aliphatic rings. The number of carbonyl (C=O) groups excluding carboxylic acids is 2. The molecule has 262 valence electrons. The van der Waals surface area contributed by atoms with Crippen LogP contribution in [0.5, 0.6) is 0 Å². The molecule has 4 atom stereocenters. The molecule has 5 rings (SSSR count). The molecule has 4 N–H and O–H groups in total. The van der Waals surface area contributed by atoms with Gasteiger partial charge in [0.15, 0.2) is 0 Å². The Hall–Kier alpha value is -5.50. The number of amides is 2. The minimum absolute atomic E-state index is 0.000917. The summed E-state index contributed by atoms with van der Waals surface area (Å²) in [6.45, 7) is -0.0392. The standard InChI is InChI=1S/C41H41N2O7P/c44-39(42-37(40(45)46)26-30-13-5-1-6-14-30)36(25-32-21-23-35(24-22-32)34-19-11-4-12-20-34)29-51(48,49)38(27-31-15-7-2-8-16-31)43-41(47)50-28-33-17-9-3-10-18-33/h1-24,36-38H,25-29H2,(H,42,44)(H,43,47)(H,45,46)(H,48,49)/t36?,37-,38+/m0/s1. The van der Waals surface area contributed by atoms with Gasteiger partial charge < -0.3 is 25.4 Å². The predicted octanol–water partition coefficient (Wildman–Crippen LogP) is 7.09. The van der Waals surface area contributed by atoms with Crippen molar-refractivity contribution in [1.29, 1.82) is 0 Å². The van der Waals surface area contributed by atoms with Crippen LogP contribution in [0, 0.1) is 5.92 Å².